The number of carbonyl (C=O) groups excluding carboxylic acids is 1. The molecule has 1 aliphatic heterocycles. The third kappa shape index (κ3) is 4.18. The lowest BCUT2D eigenvalue weighted by atomic mass is 9.74. The molecule has 0 saturated carbocycles. The average Bonchev–Trinajstić information content (AvgIpc) is 2.80. The molecule has 0 amide bonds. The van der Waals surface area contributed by atoms with E-state index in [1.807, 2.05) is 27.7 Å². The normalized spacial score (nSPS) is 18.5. The zero-order valence-electron chi connectivity index (χ0n) is 16.0. The summed E-state index contributed by atoms with van der Waals surface area (Å²) in [5, 5.41) is 19.2. The van der Waals surface area contributed by atoms with E-state index in [1.165, 1.54) is 6.08 Å². The topological polar surface area (TPSA) is 85.2 Å². The molecule has 142 valence electrons. The van der Waals surface area contributed by atoms with E-state index in [0.29, 0.717) is 28.8 Å². The lowest BCUT2D eigenvalue weighted by Gasteiger charge is -2.32. The molecular formula is C19H27BO6. The Balaban J connectivity index is 2.48. The van der Waals surface area contributed by atoms with Crippen molar-refractivity contribution in [1.29, 1.82) is 0 Å². The molecule has 1 fully saturated rings. The van der Waals surface area contributed by atoms with Crippen molar-refractivity contribution in [3.05, 3.63) is 34.9 Å². The maximum atomic E-state index is 11.7. The molecule has 2 rings (SSSR count). The molecule has 7 heteroatoms. The fourth-order valence-corrected chi connectivity index (χ4v) is 2.69. The van der Waals surface area contributed by atoms with Gasteiger partial charge in [0.25, 0.3) is 0 Å². The maximum Gasteiger partial charge on any atom is 0.495 e. The van der Waals surface area contributed by atoms with Gasteiger partial charge in [0.15, 0.2) is 0 Å². The predicted molar refractivity (Wildman–Crippen MR) is 99.7 cm³/mol. The predicted octanol–water partition coefficient (Wildman–Crippen LogP) is 1.55. The third-order valence-corrected chi connectivity index (χ3v) is 4.94. The second kappa shape index (κ2) is 7.92. The molecule has 0 atom stereocenters. The Morgan fingerprint density at radius 2 is 1.65 bits per heavy atom. The summed E-state index contributed by atoms with van der Waals surface area (Å²) in [6.45, 7) is 9.41. The zero-order chi connectivity index (χ0) is 19.5. The van der Waals surface area contributed by atoms with Crippen molar-refractivity contribution in [3.8, 4) is 0 Å². The van der Waals surface area contributed by atoms with Crippen molar-refractivity contribution in [2.24, 2.45) is 0 Å². The van der Waals surface area contributed by atoms with Crippen LogP contribution in [0.15, 0.2) is 18.2 Å². The average molecular weight is 362 g/mol. The summed E-state index contributed by atoms with van der Waals surface area (Å²) in [6, 6.07) is 3.47. The van der Waals surface area contributed by atoms with Gasteiger partial charge in [0, 0.05) is 6.08 Å². The monoisotopic (exact) mass is 362 g/mol. The van der Waals surface area contributed by atoms with Crippen LogP contribution in [0.2, 0.25) is 0 Å². The van der Waals surface area contributed by atoms with Crippen LogP contribution < -0.4 is 5.46 Å². The van der Waals surface area contributed by atoms with Gasteiger partial charge in [0.05, 0.1) is 31.0 Å². The number of aliphatic hydroxyl groups excluding tert-OH is 2. The van der Waals surface area contributed by atoms with Crippen LogP contribution in [0.5, 0.6) is 0 Å². The zero-order valence-corrected chi connectivity index (χ0v) is 16.0. The number of ether oxygens (including phenoxy) is 1. The van der Waals surface area contributed by atoms with E-state index in [4.69, 9.17) is 14.0 Å². The van der Waals surface area contributed by atoms with Crippen molar-refractivity contribution in [1.82, 2.24) is 0 Å². The summed E-state index contributed by atoms with van der Waals surface area (Å²) >= 11 is 0. The molecular weight excluding hydrogens is 335 g/mol. The van der Waals surface area contributed by atoms with Gasteiger partial charge in [-0.15, -0.1) is 0 Å². The standard InChI is InChI=1S/C19H27BO6/c1-6-24-17(23)8-7-13-9-14(11-21)15(12-22)10-16(13)20-25-18(2,3)19(4,5)26-20/h7-10,21-22H,6,11-12H2,1-5H3/b8-7+. The quantitative estimate of drug-likeness (QED) is 0.454. The summed E-state index contributed by atoms with van der Waals surface area (Å²) in [7, 11) is -0.653. The molecule has 2 N–H and O–H groups in total. The minimum absolute atomic E-state index is 0.218. The van der Waals surface area contributed by atoms with Crippen molar-refractivity contribution < 1.29 is 29.1 Å². The van der Waals surface area contributed by atoms with Crippen LogP contribution in [0, 0.1) is 0 Å². The van der Waals surface area contributed by atoms with E-state index in [1.54, 1.807) is 25.1 Å². The summed E-state index contributed by atoms with van der Waals surface area (Å²) in [5.74, 6) is -0.454. The molecule has 0 spiro atoms. The van der Waals surface area contributed by atoms with Crippen molar-refractivity contribution in [3.63, 3.8) is 0 Å². The highest BCUT2D eigenvalue weighted by atomic mass is 16.7. The SMILES string of the molecule is CCOC(=O)/C=C/c1cc(CO)c(CO)cc1B1OC(C)(C)C(C)(C)O1. The van der Waals surface area contributed by atoms with Gasteiger partial charge in [-0.25, -0.2) is 4.79 Å². The van der Waals surface area contributed by atoms with Crippen LogP contribution in [0.3, 0.4) is 0 Å². The van der Waals surface area contributed by atoms with Crippen LogP contribution >= 0.6 is 0 Å². The minimum atomic E-state index is -0.653. The van der Waals surface area contributed by atoms with Gasteiger partial charge >= 0.3 is 13.1 Å². The number of carbonyl (C=O) groups is 1. The van der Waals surface area contributed by atoms with E-state index < -0.39 is 24.3 Å². The van der Waals surface area contributed by atoms with Crippen molar-refractivity contribution in [2.45, 2.75) is 59.0 Å². The molecule has 1 heterocycles. The number of hydrogen-bond acceptors (Lipinski definition) is 6. The highest BCUT2D eigenvalue weighted by Crippen LogP contribution is 2.37. The fraction of sp³-hybridized carbons (Fsp3) is 0.526. The summed E-state index contributed by atoms with van der Waals surface area (Å²) in [6.07, 6.45) is 2.94. The Bertz CT molecular complexity index is 680. The Morgan fingerprint density at radius 1 is 1.12 bits per heavy atom. The lowest BCUT2D eigenvalue weighted by Crippen LogP contribution is -2.41. The summed E-state index contributed by atoms with van der Waals surface area (Å²) < 4.78 is 17.1. The molecule has 0 radical (unpaired) electrons. The first-order valence-electron chi connectivity index (χ1n) is 8.73. The molecule has 26 heavy (non-hydrogen) atoms. The van der Waals surface area contributed by atoms with E-state index in [-0.39, 0.29) is 13.2 Å². The molecule has 6 nitrogen and oxygen atoms in total. The van der Waals surface area contributed by atoms with E-state index in [2.05, 4.69) is 0 Å². The summed E-state index contributed by atoms with van der Waals surface area (Å²) in [5.41, 5.74) is 1.48. The van der Waals surface area contributed by atoms with Gasteiger partial charge in [-0.3, -0.25) is 0 Å². The van der Waals surface area contributed by atoms with Gasteiger partial charge in [-0.05, 0) is 68.9 Å². The van der Waals surface area contributed by atoms with Gasteiger partial charge in [-0.2, -0.15) is 0 Å². The van der Waals surface area contributed by atoms with Gasteiger partial charge < -0.3 is 24.3 Å². The first-order valence-corrected chi connectivity index (χ1v) is 8.73. The van der Waals surface area contributed by atoms with Crippen LogP contribution in [0.4, 0.5) is 0 Å². The molecule has 0 unspecified atom stereocenters. The van der Waals surface area contributed by atoms with Crippen LogP contribution in [0.25, 0.3) is 6.08 Å². The number of hydrogen-bond donors (Lipinski definition) is 2. The molecule has 1 aliphatic rings. The second-order valence-electron chi connectivity index (χ2n) is 7.24. The van der Waals surface area contributed by atoms with Crippen LogP contribution in [-0.4, -0.2) is 41.1 Å². The number of esters is 1. The maximum absolute atomic E-state index is 11.7. The minimum Gasteiger partial charge on any atom is -0.463 e. The third-order valence-electron chi connectivity index (χ3n) is 4.94. The van der Waals surface area contributed by atoms with Gasteiger partial charge in [-0.1, -0.05) is 6.07 Å². The molecule has 1 aromatic rings. The molecule has 1 aromatic carbocycles. The number of rotatable bonds is 6. The largest absolute Gasteiger partial charge is 0.495 e. The van der Waals surface area contributed by atoms with Gasteiger partial charge in [0.2, 0.25) is 0 Å². The van der Waals surface area contributed by atoms with Crippen LogP contribution in [-0.2, 0) is 32.1 Å². The van der Waals surface area contributed by atoms with E-state index >= 15 is 0 Å². The Hall–Kier alpha value is -1.67. The highest BCUT2D eigenvalue weighted by molar-refractivity contribution is 6.63. The van der Waals surface area contributed by atoms with Crippen molar-refractivity contribution >= 4 is 24.6 Å². The first kappa shape index (κ1) is 20.6. The lowest BCUT2D eigenvalue weighted by molar-refractivity contribution is -0.137. The highest BCUT2D eigenvalue weighted by Gasteiger charge is 2.52. The smallest absolute Gasteiger partial charge is 0.463 e. The van der Waals surface area contributed by atoms with E-state index in [0.717, 1.165) is 0 Å². The number of aliphatic hydroxyl groups is 2. The molecule has 0 aliphatic carbocycles. The Morgan fingerprint density at radius 3 is 2.15 bits per heavy atom. The summed E-state index contributed by atoms with van der Waals surface area (Å²) in [4.78, 5) is 11.7. The molecule has 0 bridgehead atoms. The van der Waals surface area contributed by atoms with Crippen molar-refractivity contribution in [2.75, 3.05) is 6.61 Å². The molecule has 1 saturated heterocycles. The van der Waals surface area contributed by atoms with Crippen LogP contribution in [0.1, 0.15) is 51.3 Å². The fourth-order valence-electron chi connectivity index (χ4n) is 2.69. The van der Waals surface area contributed by atoms with E-state index in [9.17, 15) is 15.0 Å². The second-order valence-corrected chi connectivity index (χ2v) is 7.24. The first-order chi connectivity index (χ1) is 12.1. The van der Waals surface area contributed by atoms with Gasteiger partial charge in [0.1, 0.15) is 0 Å². The Kier molecular flexibility index (Phi) is 6.29. The Labute approximate surface area is 154 Å². The molecule has 0 aromatic heterocycles. The number of benzene rings is 1.